The Kier molecular flexibility index (Phi) is 3.82. The molecule has 1 atom stereocenters. The molecule has 0 saturated heterocycles. The number of thioether (sulfide) groups is 1. The van der Waals surface area contributed by atoms with E-state index in [0.29, 0.717) is 11.7 Å². The van der Waals surface area contributed by atoms with Crippen LogP contribution in [-0.4, -0.2) is 22.7 Å². The van der Waals surface area contributed by atoms with Crippen LogP contribution in [0.2, 0.25) is 0 Å². The van der Waals surface area contributed by atoms with E-state index in [1.54, 1.807) is 17.8 Å². The van der Waals surface area contributed by atoms with Gasteiger partial charge in [0.05, 0.1) is 0 Å². The zero-order valence-electron chi connectivity index (χ0n) is 7.25. The summed E-state index contributed by atoms with van der Waals surface area (Å²) in [5, 5.41) is 9.09. The number of rotatable bonds is 4. The fourth-order valence-corrected chi connectivity index (χ4v) is 2.32. The molecule has 0 aromatic rings. The Morgan fingerprint density at radius 3 is 2.92 bits per heavy atom. The van der Waals surface area contributed by atoms with Gasteiger partial charge in [0.15, 0.2) is 5.78 Å². The highest BCUT2D eigenvalue weighted by atomic mass is 32.2. The lowest BCUT2D eigenvalue weighted by Gasteiger charge is -2.08. The van der Waals surface area contributed by atoms with E-state index in [0.717, 1.165) is 12.8 Å². The molecular formula is C9H14O2S. The molecule has 0 fully saturated rings. The summed E-state index contributed by atoms with van der Waals surface area (Å²) in [6, 6.07) is 0. The Labute approximate surface area is 77.0 Å². The first kappa shape index (κ1) is 9.81. The van der Waals surface area contributed by atoms with Crippen LogP contribution >= 0.6 is 11.8 Å². The van der Waals surface area contributed by atoms with E-state index in [1.807, 2.05) is 0 Å². The molecule has 1 rings (SSSR count). The molecular weight excluding hydrogens is 172 g/mol. The van der Waals surface area contributed by atoms with Crippen molar-refractivity contribution >= 4 is 17.5 Å². The minimum atomic E-state index is 0.232. The third-order valence-corrected chi connectivity index (χ3v) is 3.09. The zero-order valence-corrected chi connectivity index (χ0v) is 8.06. The third-order valence-electron chi connectivity index (χ3n) is 1.83. The molecule has 0 aromatic heterocycles. The standard InChI is InChI=1S/C9H14O2S/c1-7(4-5-10)12-9-3-2-8(11)6-9/h6-7,10H,2-5H2,1H3. The normalized spacial score (nSPS) is 19.5. The van der Waals surface area contributed by atoms with Gasteiger partial charge >= 0.3 is 0 Å². The molecule has 1 N–H and O–H groups in total. The smallest absolute Gasteiger partial charge is 0.156 e. The van der Waals surface area contributed by atoms with Gasteiger partial charge in [-0.3, -0.25) is 4.79 Å². The van der Waals surface area contributed by atoms with E-state index in [-0.39, 0.29) is 12.4 Å². The van der Waals surface area contributed by atoms with E-state index >= 15 is 0 Å². The highest BCUT2D eigenvalue weighted by Gasteiger charge is 2.14. The number of ketones is 1. The second-order valence-corrected chi connectivity index (χ2v) is 4.58. The second kappa shape index (κ2) is 4.67. The van der Waals surface area contributed by atoms with E-state index < -0.39 is 0 Å². The van der Waals surface area contributed by atoms with Gasteiger partial charge in [-0.15, -0.1) is 11.8 Å². The van der Waals surface area contributed by atoms with Gasteiger partial charge in [0.1, 0.15) is 0 Å². The fraction of sp³-hybridized carbons (Fsp3) is 0.667. The first-order valence-electron chi connectivity index (χ1n) is 4.23. The lowest BCUT2D eigenvalue weighted by Crippen LogP contribution is -1.98. The quantitative estimate of drug-likeness (QED) is 0.726. The second-order valence-electron chi connectivity index (χ2n) is 3.02. The van der Waals surface area contributed by atoms with Crippen molar-refractivity contribution in [3.8, 4) is 0 Å². The molecule has 0 heterocycles. The van der Waals surface area contributed by atoms with Crippen LogP contribution in [0.1, 0.15) is 26.2 Å². The van der Waals surface area contributed by atoms with Crippen LogP contribution in [0.5, 0.6) is 0 Å². The summed E-state index contributed by atoms with van der Waals surface area (Å²) in [4.78, 5) is 12.0. The van der Waals surface area contributed by atoms with Gasteiger partial charge in [-0.25, -0.2) is 0 Å². The predicted molar refractivity (Wildman–Crippen MR) is 51.1 cm³/mol. The Balaban J connectivity index is 2.31. The van der Waals surface area contributed by atoms with Gasteiger partial charge in [0, 0.05) is 18.3 Å². The van der Waals surface area contributed by atoms with Crippen molar-refractivity contribution in [2.24, 2.45) is 0 Å². The summed E-state index contributed by atoms with van der Waals surface area (Å²) >= 11 is 1.72. The summed E-state index contributed by atoms with van der Waals surface area (Å²) in [6.07, 6.45) is 4.11. The van der Waals surface area contributed by atoms with Crippen LogP contribution in [-0.2, 0) is 4.79 Å². The van der Waals surface area contributed by atoms with E-state index in [9.17, 15) is 4.79 Å². The molecule has 0 aliphatic heterocycles. The molecule has 12 heavy (non-hydrogen) atoms. The minimum absolute atomic E-state index is 0.232. The van der Waals surface area contributed by atoms with E-state index in [1.165, 1.54) is 4.91 Å². The first-order valence-corrected chi connectivity index (χ1v) is 5.11. The van der Waals surface area contributed by atoms with Crippen molar-refractivity contribution in [2.45, 2.75) is 31.4 Å². The summed E-state index contributed by atoms with van der Waals surface area (Å²) in [6.45, 7) is 2.31. The van der Waals surface area contributed by atoms with Gasteiger partial charge in [-0.1, -0.05) is 6.92 Å². The number of allylic oxidation sites excluding steroid dienone is 2. The monoisotopic (exact) mass is 186 g/mol. The Bertz CT molecular complexity index is 199. The van der Waals surface area contributed by atoms with Crippen molar-refractivity contribution in [2.75, 3.05) is 6.61 Å². The first-order chi connectivity index (χ1) is 5.72. The zero-order chi connectivity index (χ0) is 8.97. The van der Waals surface area contributed by atoms with Crippen molar-refractivity contribution < 1.29 is 9.90 Å². The molecule has 2 nitrogen and oxygen atoms in total. The largest absolute Gasteiger partial charge is 0.396 e. The van der Waals surface area contributed by atoms with Crippen LogP contribution in [0.15, 0.2) is 11.0 Å². The van der Waals surface area contributed by atoms with Gasteiger partial charge in [-0.2, -0.15) is 0 Å². The average molecular weight is 186 g/mol. The fourth-order valence-electron chi connectivity index (χ4n) is 1.16. The maximum atomic E-state index is 10.9. The molecule has 68 valence electrons. The van der Waals surface area contributed by atoms with Crippen LogP contribution in [0.4, 0.5) is 0 Å². The van der Waals surface area contributed by atoms with Crippen molar-refractivity contribution in [3.05, 3.63) is 11.0 Å². The predicted octanol–water partition coefficient (Wildman–Crippen LogP) is 1.74. The number of hydrogen-bond donors (Lipinski definition) is 1. The van der Waals surface area contributed by atoms with Crippen molar-refractivity contribution in [3.63, 3.8) is 0 Å². The molecule has 1 aliphatic rings. The van der Waals surface area contributed by atoms with Gasteiger partial charge in [0.25, 0.3) is 0 Å². The summed E-state index contributed by atoms with van der Waals surface area (Å²) < 4.78 is 0. The molecule has 0 spiro atoms. The molecule has 0 saturated carbocycles. The molecule has 0 aromatic carbocycles. The number of aliphatic hydroxyl groups is 1. The van der Waals surface area contributed by atoms with Crippen LogP contribution in [0, 0.1) is 0 Å². The van der Waals surface area contributed by atoms with E-state index in [4.69, 9.17) is 5.11 Å². The highest BCUT2D eigenvalue weighted by molar-refractivity contribution is 8.03. The maximum absolute atomic E-state index is 10.9. The molecule has 1 aliphatic carbocycles. The average Bonchev–Trinajstić information content (AvgIpc) is 2.36. The molecule has 0 radical (unpaired) electrons. The van der Waals surface area contributed by atoms with Crippen molar-refractivity contribution in [1.29, 1.82) is 0 Å². The molecule has 1 unspecified atom stereocenters. The highest BCUT2D eigenvalue weighted by Crippen LogP contribution is 2.31. The Hall–Kier alpha value is -0.280. The molecule has 0 amide bonds. The van der Waals surface area contributed by atoms with Crippen molar-refractivity contribution in [1.82, 2.24) is 0 Å². The lowest BCUT2D eigenvalue weighted by atomic mass is 10.3. The topological polar surface area (TPSA) is 37.3 Å². The number of carbonyl (C=O) groups is 1. The van der Waals surface area contributed by atoms with Gasteiger partial charge < -0.3 is 5.11 Å². The maximum Gasteiger partial charge on any atom is 0.156 e. The summed E-state index contributed by atoms with van der Waals surface area (Å²) in [7, 11) is 0. The summed E-state index contributed by atoms with van der Waals surface area (Å²) in [5.41, 5.74) is 0. The van der Waals surface area contributed by atoms with Gasteiger partial charge in [-0.05, 0) is 23.8 Å². The van der Waals surface area contributed by atoms with Gasteiger partial charge in [0.2, 0.25) is 0 Å². The van der Waals surface area contributed by atoms with Crippen LogP contribution in [0.3, 0.4) is 0 Å². The summed E-state index contributed by atoms with van der Waals surface area (Å²) in [5.74, 6) is 0.244. The van der Waals surface area contributed by atoms with E-state index in [2.05, 4.69) is 6.92 Å². The SMILES string of the molecule is CC(CCO)SC1=CC(=O)CC1. The number of carbonyl (C=O) groups excluding carboxylic acids is 1. The molecule has 0 bridgehead atoms. The molecule has 3 heteroatoms. The van der Waals surface area contributed by atoms with Crippen LogP contribution in [0.25, 0.3) is 0 Å². The van der Waals surface area contributed by atoms with Crippen LogP contribution < -0.4 is 0 Å². The Morgan fingerprint density at radius 1 is 1.67 bits per heavy atom. The third kappa shape index (κ3) is 2.99. The number of hydrogen-bond acceptors (Lipinski definition) is 3. The number of aliphatic hydroxyl groups excluding tert-OH is 1. The Morgan fingerprint density at radius 2 is 2.42 bits per heavy atom. The lowest BCUT2D eigenvalue weighted by molar-refractivity contribution is -0.114. The minimum Gasteiger partial charge on any atom is -0.396 e.